The van der Waals surface area contributed by atoms with Crippen LogP contribution in [0, 0.1) is 0 Å². The van der Waals surface area contributed by atoms with E-state index in [2.05, 4.69) is 28.8 Å². The third kappa shape index (κ3) is 4.40. The number of carbonyl (C=O) groups is 1. The number of methoxy groups -OCH3 is 1. The second-order valence-electron chi connectivity index (χ2n) is 8.01. The van der Waals surface area contributed by atoms with Gasteiger partial charge in [0.2, 0.25) is 5.91 Å². The molecule has 0 radical (unpaired) electrons. The molecule has 0 N–H and O–H groups in total. The molecule has 1 aliphatic rings. The van der Waals surface area contributed by atoms with Crippen LogP contribution in [-0.4, -0.2) is 57.9 Å². The minimum Gasteiger partial charge on any atom is -0.383 e. The lowest BCUT2D eigenvalue weighted by molar-refractivity contribution is -0.129. The van der Waals surface area contributed by atoms with Gasteiger partial charge in [-0.2, -0.15) is 0 Å². The summed E-state index contributed by atoms with van der Waals surface area (Å²) in [6.45, 7) is 2.90. The average Bonchev–Trinajstić information content (AvgIpc) is 3.42. The van der Waals surface area contributed by atoms with Gasteiger partial charge in [-0.25, -0.2) is 9.97 Å². The summed E-state index contributed by atoms with van der Waals surface area (Å²) in [6, 6.07) is 16.4. The number of aromatic nitrogens is 3. The number of piperidine rings is 1. The lowest BCUT2D eigenvalue weighted by atomic mass is 9.99. The van der Waals surface area contributed by atoms with Crippen LogP contribution in [0.15, 0.2) is 53.7 Å². The Kier molecular flexibility index (Phi) is 6.43. The number of ether oxygens (including phenoxy) is 1. The number of amides is 1. The molecular weight excluding hydrogens is 440 g/mol. The molecule has 1 aliphatic heterocycles. The molecule has 0 aliphatic carbocycles. The minimum atomic E-state index is 0.172. The monoisotopic (exact) mass is 466 g/mol. The maximum atomic E-state index is 13.1. The predicted octanol–water partition coefficient (Wildman–Crippen LogP) is 4.79. The van der Waals surface area contributed by atoms with Crippen molar-refractivity contribution < 1.29 is 9.53 Å². The fourth-order valence-corrected chi connectivity index (χ4v) is 6.29. The molecule has 6 nitrogen and oxygen atoms in total. The SMILES string of the molecule is COCCn1c(SCC(=O)N2CCCC(c3nc4ccccc4s3)C2)nc2ccccc21. The molecule has 1 fully saturated rings. The topological polar surface area (TPSA) is 60.2 Å². The highest BCUT2D eigenvalue weighted by molar-refractivity contribution is 7.99. The second-order valence-corrected chi connectivity index (χ2v) is 10.0. The van der Waals surface area contributed by atoms with E-state index in [0.717, 1.165) is 59.2 Å². The maximum absolute atomic E-state index is 13.1. The number of hydrogen-bond acceptors (Lipinski definition) is 6. The average molecular weight is 467 g/mol. The standard InChI is InChI=1S/C24H26N4O2S2/c1-30-14-13-28-20-10-4-2-8-18(20)26-24(28)31-16-22(29)27-12-6-7-17(15-27)23-25-19-9-3-5-11-21(19)32-23/h2-5,8-11,17H,6-7,12-16H2,1H3. The van der Waals surface area contributed by atoms with Gasteiger partial charge in [-0.15, -0.1) is 11.3 Å². The van der Waals surface area contributed by atoms with Gasteiger partial charge in [0.05, 0.1) is 38.6 Å². The molecule has 2 aromatic carbocycles. The van der Waals surface area contributed by atoms with Gasteiger partial charge in [-0.3, -0.25) is 4.79 Å². The number of fused-ring (bicyclic) bond motifs is 2. The van der Waals surface area contributed by atoms with Crippen LogP contribution >= 0.6 is 23.1 Å². The molecule has 1 atom stereocenters. The molecule has 1 amide bonds. The van der Waals surface area contributed by atoms with Crippen LogP contribution in [0.2, 0.25) is 0 Å². The van der Waals surface area contributed by atoms with Crippen LogP contribution in [0.3, 0.4) is 0 Å². The predicted molar refractivity (Wildman–Crippen MR) is 131 cm³/mol. The first-order valence-electron chi connectivity index (χ1n) is 10.9. The van der Waals surface area contributed by atoms with Gasteiger partial charge in [0.25, 0.3) is 0 Å². The van der Waals surface area contributed by atoms with Crippen LogP contribution in [0.25, 0.3) is 21.3 Å². The lowest BCUT2D eigenvalue weighted by Crippen LogP contribution is -2.40. The zero-order chi connectivity index (χ0) is 21.9. The van der Waals surface area contributed by atoms with Crippen molar-refractivity contribution in [2.45, 2.75) is 30.5 Å². The molecule has 3 heterocycles. The lowest BCUT2D eigenvalue weighted by Gasteiger charge is -2.31. The molecule has 2 aromatic heterocycles. The van der Waals surface area contributed by atoms with Crippen molar-refractivity contribution in [3.8, 4) is 0 Å². The highest BCUT2D eigenvalue weighted by Crippen LogP contribution is 2.33. The normalized spacial score (nSPS) is 16.8. The zero-order valence-corrected chi connectivity index (χ0v) is 19.7. The van der Waals surface area contributed by atoms with E-state index in [1.54, 1.807) is 18.4 Å². The molecule has 4 aromatic rings. The van der Waals surface area contributed by atoms with Crippen LogP contribution in [0.5, 0.6) is 0 Å². The van der Waals surface area contributed by atoms with Crippen LogP contribution in [0.1, 0.15) is 23.8 Å². The van der Waals surface area contributed by atoms with Gasteiger partial charge in [0, 0.05) is 32.7 Å². The Labute approximate surface area is 195 Å². The third-order valence-electron chi connectivity index (χ3n) is 5.90. The van der Waals surface area contributed by atoms with E-state index in [1.807, 2.05) is 29.2 Å². The summed E-state index contributed by atoms with van der Waals surface area (Å²) in [7, 11) is 1.70. The first-order chi connectivity index (χ1) is 15.7. The van der Waals surface area contributed by atoms with E-state index in [1.165, 1.54) is 16.5 Å². The molecular formula is C24H26N4O2S2. The van der Waals surface area contributed by atoms with Crippen molar-refractivity contribution in [1.29, 1.82) is 0 Å². The molecule has 32 heavy (non-hydrogen) atoms. The highest BCUT2D eigenvalue weighted by atomic mass is 32.2. The first-order valence-corrected chi connectivity index (χ1v) is 12.7. The molecule has 166 valence electrons. The van der Waals surface area contributed by atoms with Gasteiger partial charge in [0.1, 0.15) is 0 Å². The Bertz CT molecular complexity index is 1200. The smallest absolute Gasteiger partial charge is 0.233 e. The number of rotatable bonds is 7. The Balaban J connectivity index is 1.27. The van der Waals surface area contributed by atoms with Gasteiger partial charge in [-0.1, -0.05) is 36.0 Å². The fraction of sp³-hybridized carbons (Fsp3) is 0.375. The summed E-state index contributed by atoms with van der Waals surface area (Å²) < 4.78 is 8.65. The number of thioether (sulfide) groups is 1. The second kappa shape index (κ2) is 9.60. The summed E-state index contributed by atoms with van der Waals surface area (Å²) in [5.74, 6) is 0.885. The van der Waals surface area contributed by atoms with E-state index < -0.39 is 0 Å². The Morgan fingerprint density at radius 1 is 1.16 bits per heavy atom. The van der Waals surface area contributed by atoms with E-state index in [4.69, 9.17) is 14.7 Å². The summed E-state index contributed by atoms with van der Waals surface area (Å²) >= 11 is 3.28. The summed E-state index contributed by atoms with van der Waals surface area (Å²) in [5.41, 5.74) is 3.09. The number of imidazole rings is 1. The number of thiazole rings is 1. The highest BCUT2D eigenvalue weighted by Gasteiger charge is 2.27. The van der Waals surface area contributed by atoms with E-state index in [0.29, 0.717) is 18.3 Å². The van der Waals surface area contributed by atoms with E-state index in [9.17, 15) is 4.79 Å². The number of likely N-dealkylation sites (tertiary alicyclic amines) is 1. The van der Waals surface area contributed by atoms with Gasteiger partial charge in [-0.05, 0) is 37.1 Å². The minimum absolute atomic E-state index is 0.172. The quantitative estimate of drug-likeness (QED) is 0.367. The molecule has 1 unspecified atom stereocenters. The fourth-order valence-electron chi connectivity index (χ4n) is 4.25. The Hall–Kier alpha value is -2.42. The first kappa shape index (κ1) is 21.4. The van der Waals surface area contributed by atoms with Crippen molar-refractivity contribution in [3.05, 3.63) is 53.5 Å². The van der Waals surface area contributed by atoms with Gasteiger partial charge < -0.3 is 14.2 Å². The van der Waals surface area contributed by atoms with Gasteiger partial charge >= 0.3 is 0 Å². The van der Waals surface area contributed by atoms with E-state index >= 15 is 0 Å². The van der Waals surface area contributed by atoms with Gasteiger partial charge in [0.15, 0.2) is 5.16 Å². The zero-order valence-electron chi connectivity index (χ0n) is 18.1. The molecule has 5 rings (SSSR count). The van der Waals surface area contributed by atoms with Crippen LogP contribution in [0.4, 0.5) is 0 Å². The Morgan fingerprint density at radius 3 is 2.81 bits per heavy atom. The molecule has 0 saturated carbocycles. The third-order valence-corrected chi connectivity index (χ3v) is 8.06. The van der Waals surface area contributed by atoms with Crippen molar-refractivity contribution in [2.75, 3.05) is 32.6 Å². The summed E-state index contributed by atoms with van der Waals surface area (Å²) in [5, 5.41) is 2.02. The van der Waals surface area contributed by atoms with Crippen LogP contribution in [-0.2, 0) is 16.1 Å². The van der Waals surface area contributed by atoms with E-state index in [-0.39, 0.29) is 5.91 Å². The number of nitrogens with zero attached hydrogens (tertiary/aromatic N) is 4. The van der Waals surface area contributed by atoms with Crippen molar-refractivity contribution in [2.24, 2.45) is 0 Å². The molecule has 8 heteroatoms. The number of benzene rings is 2. The largest absolute Gasteiger partial charge is 0.383 e. The summed E-state index contributed by atoms with van der Waals surface area (Å²) in [6.07, 6.45) is 2.10. The number of para-hydroxylation sites is 3. The van der Waals surface area contributed by atoms with Crippen LogP contribution < -0.4 is 0 Å². The molecule has 0 spiro atoms. The summed E-state index contributed by atoms with van der Waals surface area (Å²) in [4.78, 5) is 24.7. The Morgan fingerprint density at radius 2 is 1.97 bits per heavy atom. The number of carbonyl (C=O) groups excluding carboxylic acids is 1. The van der Waals surface area contributed by atoms with Crippen molar-refractivity contribution in [1.82, 2.24) is 19.4 Å². The molecule has 1 saturated heterocycles. The van der Waals surface area contributed by atoms with Crippen molar-refractivity contribution >= 4 is 50.3 Å². The molecule has 0 bridgehead atoms. The maximum Gasteiger partial charge on any atom is 0.233 e. The van der Waals surface area contributed by atoms with Crippen molar-refractivity contribution in [3.63, 3.8) is 0 Å². The number of hydrogen-bond donors (Lipinski definition) is 0.